The molecule has 0 aliphatic heterocycles. The molecule has 0 bridgehead atoms. The van der Waals surface area contributed by atoms with Crippen molar-refractivity contribution in [2.75, 3.05) is 0 Å². The fraction of sp³-hybridized carbons (Fsp3) is 0. The van der Waals surface area contributed by atoms with Crippen molar-refractivity contribution >= 4 is 27.9 Å². The first-order chi connectivity index (χ1) is 4.20. The molecule has 1 heterocycles. The number of rotatable bonds is 1. The zero-order valence-corrected chi connectivity index (χ0v) is 5.78. The third-order valence-electron chi connectivity index (χ3n) is 0.734. The van der Waals surface area contributed by atoms with Gasteiger partial charge in [0.1, 0.15) is 0 Å². The molecular weight excluding hydrogens is 162 g/mol. The van der Waals surface area contributed by atoms with Crippen molar-refractivity contribution < 1.29 is 4.92 Å². The van der Waals surface area contributed by atoms with Crippen LogP contribution in [0.3, 0.4) is 0 Å². The van der Waals surface area contributed by atoms with Gasteiger partial charge in [-0.1, -0.05) is 22.9 Å². The predicted octanol–water partition coefficient (Wildman–Crippen LogP) is 2.31. The summed E-state index contributed by atoms with van der Waals surface area (Å²) in [6, 6.07) is 1.33. The van der Waals surface area contributed by atoms with E-state index in [0.29, 0.717) is 5.02 Å². The number of nitrogens with zero attached hydrogens (tertiary/aromatic N) is 1. The van der Waals surface area contributed by atoms with Crippen LogP contribution in [0, 0.1) is 10.1 Å². The summed E-state index contributed by atoms with van der Waals surface area (Å²) in [5.74, 6) is 0. The molecule has 0 aromatic carbocycles. The lowest BCUT2D eigenvalue weighted by molar-refractivity contribution is -0.380. The molecule has 0 aliphatic rings. The van der Waals surface area contributed by atoms with Gasteiger partial charge in [-0.05, 0) is 0 Å². The molecule has 0 fully saturated rings. The van der Waals surface area contributed by atoms with Gasteiger partial charge in [0.15, 0.2) is 0 Å². The Bertz CT molecular complexity index is 234. The van der Waals surface area contributed by atoms with Crippen LogP contribution in [0.4, 0.5) is 5.00 Å². The number of hydrogen-bond acceptors (Lipinski definition) is 3. The summed E-state index contributed by atoms with van der Waals surface area (Å²) in [5.41, 5.74) is 0. The van der Waals surface area contributed by atoms with Crippen molar-refractivity contribution in [1.29, 1.82) is 0 Å². The summed E-state index contributed by atoms with van der Waals surface area (Å²) in [4.78, 5) is 9.51. The molecular formula is C4H2ClNO2S. The average Bonchev–Trinajstić information content (AvgIpc) is 2.14. The van der Waals surface area contributed by atoms with Gasteiger partial charge in [0.25, 0.3) is 0 Å². The standard InChI is InChI=1S/C4H2ClNO2S/c5-3-1-4(6(7)8)9-2-3/h1-2H. The molecule has 0 spiro atoms. The van der Waals surface area contributed by atoms with Gasteiger partial charge in [-0.2, -0.15) is 0 Å². The van der Waals surface area contributed by atoms with Crippen molar-refractivity contribution in [3.05, 3.63) is 26.6 Å². The zero-order chi connectivity index (χ0) is 6.85. The Morgan fingerprint density at radius 2 is 2.44 bits per heavy atom. The maximum absolute atomic E-state index is 9.97. The van der Waals surface area contributed by atoms with E-state index in [1.807, 2.05) is 0 Å². The van der Waals surface area contributed by atoms with Gasteiger partial charge < -0.3 is 0 Å². The van der Waals surface area contributed by atoms with E-state index in [4.69, 9.17) is 11.6 Å². The third-order valence-corrected chi connectivity index (χ3v) is 1.96. The molecule has 0 aliphatic carbocycles. The zero-order valence-electron chi connectivity index (χ0n) is 4.20. The van der Waals surface area contributed by atoms with Crippen LogP contribution in [0.25, 0.3) is 0 Å². The minimum Gasteiger partial charge on any atom is -0.258 e. The van der Waals surface area contributed by atoms with Crippen LogP contribution >= 0.6 is 22.9 Å². The Kier molecular flexibility index (Phi) is 1.68. The SMILES string of the molecule is O=[N+]([O-])c1cc(Cl)cs1. The van der Waals surface area contributed by atoms with Gasteiger partial charge in [-0.15, -0.1) is 0 Å². The second kappa shape index (κ2) is 2.33. The maximum Gasteiger partial charge on any atom is 0.325 e. The highest BCUT2D eigenvalue weighted by Gasteiger charge is 2.06. The first-order valence-electron chi connectivity index (χ1n) is 2.08. The lowest BCUT2D eigenvalue weighted by Gasteiger charge is -1.77. The van der Waals surface area contributed by atoms with Crippen LogP contribution in [0.15, 0.2) is 11.4 Å². The smallest absolute Gasteiger partial charge is 0.258 e. The van der Waals surface area contributed by atoms with Crippen molar-refractivity contribution in [3.63, 3.8) is 0 Å². The third kappa shape index (κ3) is 1.40. The van der Waals surface area contributed by atoms with Gasteiger partial charge in [0.2, 0.25) is 0 Å². The van der Waals surface area contributed by atoms with Crippen LogP contribution in [0.2, 0.25) is 5.02 Å². The van der Waals surface area contributed by atoms with Gasteiger partial charge in [-0.3, -0.25) is 10.1 Å². The molecule has 0 radical (unpaired) electrons. The molecule has 9 heavy (non-hydrogen) atoms. The minimum atomic E-state index is -0.462. The number of thiophene rings is 1. The summed E-state index contributed by atoms with van der Waals surface area (Å²) in [7, 11) is 0. The molecule has 0 saturated heterocycles. The van der Waals surface area contributed by atoms with Crippen LogP contribution in [0.5, 0.6) is 0 Å². The topological polar surface area (TPSA) is 43.1 Å². The molecule has 1 aromatic rings. The quantitative estimate of drug-likeness (QED) is 0.471. The van der Waals surface area contributed by atoms with E-state index in [-0.39, 0.29) is 5.00 Å². The van der Waals surface area contributed by atoms with E-state index in [9.17, 15) is 10.1 Å². The van der Waals surface area contributed by atoms with Crippen molar-refractivity contribution in [1.82, 2.24) is 0 Å². The first kappa shape index (κ1) is 6.51. The number of hydrogen-bond donors (Lipinski definition) is 0. The van der Waals surface area contributed by atoms with Crippen LogP contribution < -0.4 is 0 Å². The van der Waals surface area contributed by atoms with Crippen molar-refractivity contribution in [2.24, 2.45) is 0 Å². The highest BCUT2D eigenvalue weighted by molar-refractivity contribution is 7.13. The predicted molar refractivity (Wildman–Crippen MR) is 36.0 cm³/mol. The van der Waals surface area contributed by atoms with Crippen molar-refractivity contribution in [3.8, 4) is 0 Å². The molecule has 0 unspecified atom stereocenters. The van der Waals surface area contributed by atoms with Crippen LogP contribution in [0.1, 0.15) is 0 Å². The Morgan fingerprint density at radius 1 is 1.78 bits per heavy atom. The monoisotopic (exact) mass is 163 g/mol. The van der Waals surface area contributed by atoms with Gasteiger partial charge in [0.05, 0.1) is 9.95 Å². The van der Waals surface area contributed by atoms with Gasteiger partial charge in [-0.25, -0.2) is 0 Å². The van der Waals surface area contributed by atoms with E-state index in [0.717, 1.165) is 11.3 Å². The van der Waals surface area contributed by atoms with E-state index >= 15 is 0 Å². The number of halogens is 1. The fourth-order valence-corrected chi connectivity index (χ4v) is 1.28. The Morgan fingerprint density at radius 3 is 2.67 bits per heavy atom. The Labute approximate surface area is 60.0 Å². The highest BCUT2D eigenvalue weighted by atomic mass is 35.5. The molecule has 1 rings (SSSR count). The fourth-order valence-electron chi connectivity index (χ4n) is 0.398. The first-order valence-corrected chi connectivity index (χ1v) is 3.34. The van der Waals surface area contributed by atoms with E-state index in [1.54, 1.807) is 0 Å². The highest BCUT2D eigenvalue weighted by Crippen LogP contribution is 2.25. The summed E-state index contributed by atoms with van der Waals surface area (Å²) in [5, 5.41) is 12.0. The molecule has 0 atom stereocenters. The summed E-state index contributed by atoms with van der Waals surface area (Å²) >= 11 is 6.44. The van der Waals surface area contributed by atoms with Gasteiger partial charge >= 0.3 is 5.00 Å². The summed E-state index contributed by atoms with van der Waals surface area (Å²) in [6.07, 6.45) is 0. The molecule has 5 heteroatoms. The maximum atomic E-state index is 9.97. The van der Waals surface area contributed by atoms with Crippen molar-refractivity contribution in [2.45, 2.75) is 0 Å². The largest absolute Gasteiger partial charge is 0.325 e. The van der Waals surface area contributed by atoms with Gasteiger partial charge in [0, 0.05) is 11.4 Å². The lowest BCUT2D eigenvalue weighted by atomic mass is 10.6. The Balaban J connectivity index is 2.98. The second-order valence-electron chi connectivity index (χ2n) is 1.36. The Hall–Kier alpha value is -0.610. The molecule has 3 nitrogen and oxygen atoms in total. The lowest BCUT2D eigenvalue weighted by Crippen LogP contribution is -1.80. The molecule has 48 valence electrons. The van der Waals surface area contributed by atoms with E-state index in [1.165, 1.54) is 11.4 Å². The molecule has 1 aromatic heterocycles. The normalized spacial score (nSPS) is 9.44. The average molecular weight is 164 g/mol. The minimum absolute atomic E-state index is 0.0833. The number of nitro groups is 1. The van der Waals surface area contributed by atoms with E-state index < -0.39 is 4.92 Å². The molecule has 0 N–H and O–H groups in total. The second-order valence-corrected chi connectivity index (χ2v) is 2.69. The molecule has 0 saturated carbocycles. The van der Waals surface area contributed by atoms with E-state index in [2.05, 4.69) is 0 Å². The summed E-state index contributed by atoms with van der Waals surface area (Å²) < 4.78 is 0. The molecule has 0 amide bonds. The van der Waals surface area contributed by atoms with Crippen LogP contribution in [-0.4, -0.2) is 4.92 Å². The van der Waals surface area contributed by atoms with Crippen LogP contribution in [-0.2, 0) is 0 Å². The summed E-state index contributed by atoms with van der Waals surface area (Å²) in [6.45, 7) is 0.